The Bertz CT molecular complexity index is 430. The van der Waals surface area contributed by atoms with E-state index in [1.54, 1.807) is 7.05 Å². The van der Waals surface area contributed by atoms with E-state index in [4.69, 9.17) is 0 Å². The Morgan fingerprint density at radius 1 is 1.30 bits per heavy atom. The van der Waals surface area contributed by atoms with Gasteiger partial charge in [-0.05, 0) is 44.1 Å². The van der Waals surface area contributed by atoms with Crippen LogP contribution in [0.5, 0.6) is 0 Å². The molecule has 1 aromatic rings. The molecule has 4 nitrogen and oxygen atoms in total. The summed E-state index contributed by atoms with van der Waals surface area (Å²) in [4.78, 5) is 13.7. The molecule has 20 heavy (non-hydrogen) atoms. The van der Waals surface area contributed by atoms with Gasteiger partial charge in [0.1, 0.15) is 0 Å². The molecule has 1 aliphatic rings. The Kier molecular flexibility index (Phi) is 5.41. The van der Waals surface area contributed by atoms with Crippen molar-refractivity contribution in [3.63, 3.8) is 0 Å². The van der Waals surface area contributed by atoms with Crippen molar-refractivity contribution in [3.05, 3.63) is 29.8 Å². The van der Waals surface area contributed by atoms with E-state index >= 15 is 0 Å². The molecule has 4 heteroatoms. The molecule has 1 aromatic carbocycles. The van der Waals surface area contributed by atoms with E-state index in [0.29, 0.717) is 12.5 Å². The van der Waals surface area contributed by atoms with Gasteiger partial charge in [0.2, 0.25) is 5.91 Å². The molecule has 0 radical (unpaired) electrons. The highest BCUT2D eigenvalue weighted by Crippen LogP contribution is 2.16. The Morgan fingerprint density at radius 2 is 2.05 bits per heavy atom. The summed E-state index contributed by atoms with van der Waals surface area (Å²) in [6, 6.07) is 8.78. The average Bonchev–Trinajstić information content (AvgIpc) is 2.48. The van der Waals surface area contributed by atoms with Crippen molar-refractivity contribution in [3.8, 4) is 0 Å². The average molecular weight is 275 g/mol. The quantitative estimate of drug-likeness (QED) is 0.862. The fourth-order valence-electron chi connectivity index (χ4n) is 2.65. The second-order valence-electron chi connectivity index (χ2n) is 5.56. The van der Waals surface area contributed by atoms with E-state index in [9.17, 15) is 4.79 Å². The molecule has 1 aliphatic heterocycles. The van der Waals surface area contributed by atoms with Crippen LogP contribution in [0, 0.1) is 0 Å². The summed E-state index contributed by atoms with van der Waals surface area (Å²) >= 11 is 0. The lowest BCUT2D eigenvalue weighted by Gasteiger charge is -2.32. The molecule has 0 aromatic heterocycles. The molecular formula is C16H25N3O. The largest absolute Gasteiger partial charge is 0.383 e. The highest BCUT2D eigenvalue weighted by Gasteiger charge is 2.18. The minimum Gasteiger partial charge on any atom is -0.383 e. The molecule has 1 fully saturated rings. The topological polar surface area (TPSA) is 44.4 Å². The van der Waals surface area contributed by atoms with Crippen LogP contribution in [0.25, 0.3) is 0 Å². The predicted molar refractivity (Wildman–Crippen MR) is 83.0 cm³/mol. The summed E-state index contributed by atoms with van der Waals surface area (Å²) < 4.78 is 0. The minimum absolute atomic E-state index is 0.0505. The number of benzene rings is 1. The maximum Gasteiger partial charge on any atom is 0.224 e. The maximum absolute atomic E-state index is 11.3. The summed E-state index contributed by atoms with van der Waals surface area (Å²) in [5, 5.41) is 6.14. The van der Waals surface area contributed by atoms with Crippen LogP contribution in [0.15, 0.2) is 24.3 Å². The van der Waals surface area contributed by atoms with Gasteiger partial charge in [0.05, 0.1) is 6.42 Å². The third-order valence-corrected chi connectivity index (χ3v) is 4.06. The standard InChI is InChI=1S/C16H25N3O/c1-17-16(20)11-13-6-8-14(9-7-13)18-12-15-5-3-4-10-19(15)2/h6-9,15,18H,3-5,10-12H2,1-2H3,(H,17,20). The summed E-state index contributed by atoms with van der Waals surface area (Å²) in [6.07, 6.45) is 4.38. The molecule has 110 valence electrons. The van der Waals surface area contributed by atoms with Gasteiger partial charge in [-0.2, -0.15) is 0 Å². The smallest absolute Gasteiger partial charge is 0.224 e. The maximum atomic E-state index is 11.3. The van der Waals surface area contributed by atoms with E-state index in [1.807, 2.05) is 12.1 Å². The van der Waals surface area contributed by atoms with Crippen molar-refractivity contribution in [2.45, 2.75) is 31.7 Å². The van der Waals surface area contributed by atoms with Gasteiger partial charge in [-0.1, -0.05) is 18.6 Å². The van der Waals surface area contributed by atoms with Crippen LogP contribution in [-0.4, -0.2) is 44.0 Å². The van der Waals surface area contributed by atoms with Crippen molar-refractivity contribution in [1.29, 1.82) is 0 Å². The van der Waals surface area contributed by atoms with Crippen LogP contribution in [-0.2, 0) is 11.2 Å². The van der Waals surface area contributed by atoms with Gasteiger partial charge >= 0.3 is 0 Å². The van der Waals surface area contributed by atoms with Crippen molar-refractivity contribution >= 4 is 11.6 Å². The van der Waals surface area contributed by atoms with Gasteiger partial charge in [-0.3, -0.25) is 4.79 Å². The number of nitrogens with zero attached hydrogens (tertiary/aromatic N) is 1. The zero-order chi connectivity index (χ0) is 14.4. The Balaban J connectivity index is 1.82. The Labute approximate surface area is 121 Å². The van der Waals surface area contributed by atoms with Crippen molar-refractivity contribution < 1.29 is 4.79 Å². The van der Waals surface area contributed by atoms with Crippen LogP contribution >= 0.6 is 0 Å². The van der Waals surface area contributed by atoms with E-state index in [-0.39, 0.29) is 5.91 Å². The van der Waals surface area contributed by atoms with Crippen LogP contribution in [0.1, 0.15) is 24.8 Å². The van der Waals surface area contributed by atoms with E-state index < -0.39 is 0 Å². The third kappa shape index (κ3) is 4.23. The van der Waals surface area contributed by atoms with Gasteiger partial charge in [-0.15, -0.1) is 0 Å². The monoisotopic (exact) mass is 275 g/mol. The number of carbonyl (C=O) groups is 1. The number of amides is 1. The van der Waals surface area contributed by atoms with Crippen LogP contribution < -0.4 is 10.6 Å². The lowest BCUT2D eigenvalue weighted by Crippen LogP contribution is -2.40. The predicted octanol–water partition coefficient (Wildman–Crippen LogP) is 1.87. The molecule has 1 atom stereocenters. The zero-order valence-electron chi connectivity index (χ0n) is 12.5. The first-order valence-corrected chi connectivity index (χ1v) is 7.42. The van der Waals surface area contributed by atoms with Crippen LogP contribution in [0.2, 0.25) is 0 Å². The highest BCUT2D eigenvalue weighted by molar-refractivity contribution is 5.78. The van der Waals surface area contributed by atoms with Gasteiger partial charge in [0, 0.05) is 25.3 Å². The van der Waals surface area contributed by atoms with E-state index in [2.05, 4.69) is 34.7 Å². The number of likely N-dealkylation sites (tertiary alicyclic amines) is 1. The third-order valence-electron chi connectivity index (χ3n) is 4.06. The number of rotatable bonds is 5. The zero-order valence-corrected chi connectivity index (χ0v) is 12.5. The normalized spacial score (nSPS) is 19.6. The summed E-state index contributed by atoms with van der Waals surface area (Å²) in [6.45, 7) is 2.20. The molecule has 2 rings (SSSR count). The molecule has 1 saturated heterocycles. The molecule has 0 spiro atoms. The molecule has 0 bridgehead atoms. The number of nitrogens with one attached hydrogen (secondary N) is 2. The summed E-state index contributed by atoms with van der Waals surface area (Å²) in [5.74, 6) is 0.0505. The van der Waals surface area contributed by atoms with Gasteiger partial charge in [0.25, 0.3) is 0 Å². The molecule has 2 N–H and O–H groups in total. The van der Waals surface area contributed by atoms with E-state index in [0.717, 1.165) is 17.8 Å². The first-order valence-electron chi connectivity index (χ1n) is 7.42. The molecule has 0 saturated carbocycles. The second-order valence-corrected chi connectivity index (χ2v) is 5.56. The number of piperidine rings is 1. The van der Waals surface area contributed by atoms with Crippen LogP contribution in [0.4, 0.5) is 5.69 Å². The van der Waals surface area contributed by atoms with Crippen molar-refractivity contribution in [1.82, 2.24) is 10.2 Å². The molecule has 1 amide bonds. The Hall–Kier alpha value is -1.55. The molecular weight excluding hydrogens is 250 g/mol. The molecule has 1 heterocycles. The van der Waals surface area contributed by atoms with Gasteiger partial charge in [0.15, 0.2) is 0 Å². The van der Waals surface area contributed by atoms with Crippen molar-refractivity contribution in [2.24, 2.45) is 0 Å². The highest BCUT2D eigenvalue weighted by atomic mass is 16.1. The number of carbonyl (C=O) groups excluding carboxylic acids is 1. The van der Waals surface area contributed by atoms with Gasteiger partial charge in [-0.25, -0.2) is 0 Å². The summed E-state index contributed by atoms with van der Waals surface area (Å²) in [7, 11) is 3.87. The fourth-order valence-corrected chi connectivity index (χ4v) is 2.65. The minimum atomic E-state index is 0.0505. The number of likely N-dealkylation sites (N-methyl/N-ethyl adjacent to an activating group) is 2. The van der Waals surface area contributed by atoms with Crippen LogP contribution in [0.3, 0.4) is 0 Å². The number of anilines is 1. The van der Waals surface area contributed by atoms with Gasteiger partial charge < -0.3 is 15.5 Å². The lowest BCUT2D eigenvalue weighted by molar-refractivity contribution is -0.119. The SMILES string of the molecule is CNC(=O)Cc1ccc(NCC2CCCCN2C)cc1. The number of hydrogen-bond acceptors (Lipinski definition) is 3. The van der Waals surface area contributed by atoms with Crippen molar-refractivity contribution in [2.75, 3.05) is 32.5 Å². The second kappa shape index (κ2) is 7.29. The number of hydrogen-bond donors (Lipinski definition) is 2. The first kappa shape index (κ1) is 14.9. The fraction of sp³-hybridized carbons (Fsp3) is 0.562. The lowest BCUT2D eigenvalue weighted by atomic mass is 10.0. The molecule has 1 unspecified atom stereocenters. The summed E-state index contributed by atoms with van der Waals surface area (Å²) in [5.41, 5.74) is 2.18. The molecule has 0 aliphatic carbocycles. The Morgan fingerprint density at radius 3 is 2.70 bits per heavy atom. The first-order chi connectivity index (χ1) is 9.69. The van der Waals surface area contributed by atoms with E-state index in [1.165, 1.54) is 25.8 Å².